The summed E-state index contributed by atoms with van der Waals surface area (Å²) in [5.74, 6) is 1.38. The van der Waals surface area contributed by atoms with Crippen LogP contribution in [0.15, 0.2) is 59.0 Å². The summed E-state index contributed by atoms with van der Waals surface area (Å²) in [6, 6.07) is 18.3. The molecule has 1 aromatic heterocycles. The monoisotopic (exact) mass is 436 g/mol. The van der Waals surface area contributed by atoms with E-state index in [1.807, 2.05) is 47.4 Å². The highest BCUT2D eigenvalue weighted by Crippen LogP contribution is 2.39. The van der Waals surface area contributed by atoms with Gasteiger partial charge in [0.05, 0.1) is 11.5 Å². The van der Waals surface area contributed by atoms with Gasteiger partial charge in [-0.15, -0.1) is 5.10 Å². The third-order valence-corrected chi connectivity index (χ3v) is 5.65. The molecule has 1 unspecified atom stereocenters. The Hall–Kier alpha value is -3.88. The maximum absolute atomic E-state index is 13.4. The van der Waals surface area contributed by atoms with Crippen LogP contribution in [0.2, 0.25) is 0 Å². The number of aryl methyl sites for hydroxylation is 1. The van der Waals surface area contributed by atoms with Crippen molar-refractivity contribution in [2.45, 2.75) is 19.4 Å². The second kappa shape index (κ2) is 9.09. The lowest BCUT2D eigenvalue weighted by Crippen LogP contribution is -2.65. The van der Waals surface area contributed by atoms with Crippen LogP contribution in [0.5, 0.6) is 5.75 Å². The molecule has 1 atom stereocenters. The molecule has 2 aliphatic heterocycles. The van der Waals surface area contributed by atoms with Crippen LogP contribution in [0.4, 0.5) is 6.01 Å². The number of carboxylic acid groups (broad SMARTS) is 1. The van der Waals surface area contributed by atoms with E-state index in [4.69, 9.17) is 19.1 Å². The van der Waals surface area contributed by atoms with Crippen molar-refractivity contribution in [3.8, 4) is 5.75 Å². The number of ether oxygens (including phenoxy) is 1. The number of hydrogen-bond donors (Lipinski definition) is 2. The number of amides is 1. The molecule has 9 nitrogen and oxygen atoms in total. The van der Waals surface area contributed by atoms with Gasteiger partial charge in [-0.05, 0) is 18.1 Å². The Bertz CT molecular complexity index is 1080. The Morgan fingerprint density at radius 1 is 1.19 bits per heavy atom. The number of anilines is 1. The van der Waals surface area contributed by atoms with Gasteiger partial charge < -0.3 is 24.5 Å². The van der Waals surface area contributed by atoms with Crippen LogP contribution in [0.3, 0.4) is 0 Å². The topological polar surface area (TPSA) is 118 Å². The van der Waals surface area contributed by atoms with Gasteiger partial charge in [0.15, 0.2) is 0 Å². The summed E-state index contributed by atoms with van der Waals surface area (Å²) in [5.41, 5.74) is 1.60. The van der Waals surface area contributed by atoms with E-state index in [2.05, 4.69) is 27.6 Å². The van der Waals surface area contributed by atoms with Crippen LogP contribution in [0.25, 0.3) is 0 Å². The summed E-state index contributed by atoms with van der Waals surface area (Å²) in [6.07, 6.45) is 0.651. The first kappa shape index (κ1) is 21.4. The summed E-state index contributed by atoms with van der Waals surface area (Å²) in [4.78, 5) is 23.8. The van der Waals surface area contributed by atoms with Gasteiger partial charge in [-0.2, -0.15) is 0 Å². The molecule has 1 amide bonds. The molecule has 1 fully saturated rings. The second-order valence-electron chi connectivity index (χ2n) is 7.88. The highest BCUT2D eigenvalue weighted by atomic mass is 16.5. The Balaban J connectivity index is 0.000000775. The van der Waals surface area contributed by atoms with Crippen LogP contribution in [-0.4, -0.2) is 47.4 Å². The number of nitrogens with zero attached hydrogens (tertiary/aromatic N) is 3. The van der Waals surface area contributed by atoms with Crippen molar-refractivity contribution in [1.82, 2.24) is 15.5 Å². The van der Waals surface area contributed by atoms with Gasteiger partial charge in [0.25, 0.3) is 6.47 Å². The van der Waals surface area contributed by atoms with E-state index in [0.29, 0.717) is 38.0 Å². The highest BCUT2D eigenvalue weighted by Gasteiger charge is 2.51. The Labute approximate surface area is 185 Å². The fourth-order valence-electron chi connectivity index (χ4n) is 4.15. The number of aromatic nitrogens is 2. The van der Waals surface area contributed by atoms with E-state index in [-0.39, 0.29) is 18.4 Å². The van der Waals surface area contributed by atoms with Crippen molar-refractivity contribution in [1.29, 1.82) is 0 Å². The molecule has 32 heavy (non-hydrogen) atoms. The van der Waals surface area contributed by atoms with Gasteiger partial charge in [0.1, 0.15) is 12.4 Å². The van der Waals surface area contributed by atoms with Crippen LogP contribution >= 0.6 is 0 Å². The van der Waals surface area contributed by atoms with Crippen molar-refractivity contribution < 1.29 is 23.8 Å². The Morgan fingerprint density at radius 2 is 1.88 bits per heavy atom. The molecule has 1 saturated heterocycles. The zero-order chi connectivity index (χ0) is 22.6. The average Bonchev–Trinajstić information content (AvgIpc) is 3.38. The molecule has 166 valence electrons. The molecular formula is C23H24N4O5. The Morgan fingerprint density at radius 3 is 2.56 bits per heavy atom. The average molecular weight is 436 g/mol. The van der Waals surface area contributed by atoms with E-state index < -0.39 is 5.41 Å². The lowest BCUT2D eigenvalue weighted by atomic mass is 9.73. The van der Waals surface area contributed by atoms with Gasteiger partial charge >= 0.3 is 6.01 Å². The first-order valence-electron chi connectivity index (χ1n) is 10.2. The SMILES string of the molecule is Cc1nnc(N2CC(Cc3ccccc3)(C(=O)NC3COc4ccccc43)C2)o1.O=CO. The van der Waals surface area contributed by atoms with Crippen LogP contribution < -0.4 is 15.0 Å². The Kier molecular flexibility index (Phi) is 6.07. The zero-order valence-corrected chi connectivity index (χ0v) is 17.6. The molecule has 0 radical (unpaired) electrons. The third-order valence-electron chi connectivity index (χ3n) is 5.65. The third kappa shape index (κ3) is 4.27. The van der Waals surface area contributed by atoms with Gasteiger partial charge in [-0.3, -0.25) is 9.59 Å². The molecule has 2 aromatic carbocycles. The smallest absolute Gasteiger partial charge is 0.318 e. The van der Waals surface area contributed by atoms with Crippen LogP contribution in [0, 0.1) is 12.3 Å². The molecule has 2 aliphatic rings. The molecule has 0 bridgehead atoms. The van der Waals surface area contributed by atoms with Crippen LogP contribution in [-0.2, 0) is 16.0 Å². The minimum absolute atomic E-state index is 0.0270. The molecular weight excluding hydrogens is 412 g/mol. The molecule has 3 aromatic rings. The maximum atomic E-state index is 13.4. The molecule has 0 saturated carbocycles. The van der Waals surface area contributed by atoms with E-state index in [1.165, 1.54) is 0 Å². The summed E-state index contributed by atoms with van der Waals surface area (Å²) >= 11 is 0. The zero-order valence-electron chi connectivity index (χ0n) is 17.6. The fraction of sp³-hybridized carbons (Fsp3) is 0.304. The van der Waals surface area contributed by atoms with E-state index in [0.717, 1.165) is 16.9 Å². The van der Waals surface area contributed by atoms with Gasteiger partial charge in [-0.1, -0.05) is 53.6 Å². The number of rotatable bonds is 5. The van der Waals surface area contributed by atoms with Crippen molar-refractivity contribution in [3.63, 3.8) is 0 Å². The fourth-order valence-corrected chi connectivity index (χ4v) is 4.15. The van der Waals surface area contributed by atoms with Crippen molar-refractivity contribution in [2.75, 3.05) is 24.6 Å². The predicted molar refractivity (Wildman–Crippen MR) is 115 cm³/mol. The minimum atomic E-state index is -0.554. The molecule has 5 rings (SSSR count). The van der Waals surface area contributed by atoms with E-state index >= 15 is 0 Å². The molecule has 2 N–H and O–H groups in total. The maximum Gasteiger partial charge on any atom is 0.318 e. The number of fused-ring (bicyclic) bond motifs is 1. The number of para-hydroxylation sites is 1. The van der Waals surface area contributed by atoms with Crippen molar-refractivity contribution in [3.05, 3.63) is 71.6 Å². The number of benzene rings is 2. The van der Waals surface area contributed by atoms with Gasteiger partial charge in [0, 0.05) is 25.6 Å². The number of carbonyl (C=O) groups is 2. The molecule has 0 aliphatic carbocycles. The standard InChI is InChI=1S/C22H22N4O3.CH2O2/c1-15-24-25-21(29-15)26-13-22(14-26,11-16-7-3-2-4-8-16)20(27)23-18-12-28-19-10-6-5-9-17(18)19;2-1-3/h2-10,18H,11-14H2,1H3,(H,23,27);1H,(H,2,3). The van der Waals surface area contributed by atoms with Crippen molar-refractivity contribution >= 4 is 18.4 Å². The first-order chi connectivity index (χ1) is 15.5. The summed E-state index contributed by atoms with van der Waals surface area (Å²) in [5, 5.41) is 18.1. The lowest BCUT2D eigenvalue weighted by molar-refractivity contribution is -0.133. The number of hydrogen-bond acceptors (Lipinski definition) is 7. The molecule has 0 spiro atoms. The summed E-state index contributed by atoms with van der Waals surface area (Å²) in [7, 11) is 0. The van der Waals surface area contributed by atoms with E-state index in [9.17, 15) is 4.79 Å². The first-order valence-corrected chi connectivity index (χ1v) is 10.2. The molecule has 9 heteroatoms. The summed E-state index contributed by atoms with van der Waals surface area (Å²) in [6.45, 7) is 3.03. The quantitative estimate of drug-likeness (QED) is 0.586. The summed E-state index contributed by atoms with van der Waals surface area (Å²) < 4.78 is 11.3. The lowest BCUT2D eigenvalue weighted by Gasteiger charge is -2.48. The second-order valence-corrected chi connectivity index (χ2v) is 7.88. The number of nitrogens with one attached hydrogen (secondary N) is 1. The normalized spacial score (nSPS) is 17.8. The van der Waals surface area contributed by atoms with Gasteiger partial charge in [-0.25, -0.2) is 0 Å². The predicted octanol–water partition coefficient (Wildman–Crippen LogP) is 2.38. The van der Waals surface area contributed by atoms with E-state index in [1.54, 1.807) is 6.92 Å². The minimum Gasteiger partial charge on any atom is -0.491 e. The molecule has 3 heterocycles. The van der Waals surface area contributed by atoms with Gasteiger partial charge in [0.2, 0.25) is 11.8 Å². The highest BCUT2D eigenvalue weighted by molar-refractivity contribution is 5.86. The van der Waals surface area contributed by atoms with Crippen LogP contribution in [0.1, 0.15) is 23.1 Å². The largest absolute Gasteiger partial charge is 0.491 e. The number of carbonyl (C=O) groups excluding carboxylic acids is 1. The van der Waals surface area contributed by atoms with Crippen molar-refractivity contribution in [2.24, 2.45) is 5.41 Å².